The van der Waals surface area contributed by atoms with Crippen molar-refractivity contribution in [3.8, 4) is 0 Å². The monoisotopic (exact) mass is 197 g/mol. The number of hydrogen-bond acceptors (Lipinski definition) is 3. The number of carbonyl (C=O) groups is 1. The molecule has 1 aliphatic heterocycles. The molecule has 0 spiro atoms. The Hall–Kier alpha value is -1.12. The molecule has 78 valence electrons. The maximum atomic E-state index is 11.6. The molecule has 4 nitrogen and oxygen atoms in total. The van der Waals surface area contributed by atoms with Gasteiger partial charge in [-0.1, -0.05) is 6.92 Å². The first-order valence-electron chi connectivity index (χ1n) is 4.72. The van der Waals surface area contributed by atoms with E-state index >= 15 is 0 Å². The minimum atomic E-state index is -0.518. The van der Waals surface area contributed by atoms with E-state index in [1.54, 1.807) is 7.05 Å². The lowest BCUT2D eigenvalue weighted by Gasteiger charge is -2.34. The number of amides is 1. The van der Waals surface area contributed by atoms with Crippen molar-refractivity contribution in [2.75, 3.05) is 20.2 Å². The summed E-state index contributed by atoms with van der Waals surface area (Å²) < 4.78 is 5.32. The van der Waals surface area contributed by atoms with Crippen LogP contribution in [-0.2, 0) is 14.3 Å². The van der Waals surface area contributed by atoms with Crippen molar-refractivity contribution in [2.45, 2.75) is 20.0 Å². The van der Waals surface area contributed by atoms with Crippen LogP contribution in [0.3, 0.4) is 0 Å². The second-order valence-corrected chi connectivity index (χ2v) is 3.49. The third-order valence-corrected chi connectivity index (χ3v) is 2.51. The van der Waals surface area contributed by atoms with E-state index < -0.39 is 6.10 Å². The molecule has 0 radical (unpaired) electrons. The van der Waals surface area contributed by atoms with Gasteiger partial charge in [-0.3, -0.25) is 4.79 Å². The summed E-state index contributed by atoms with van der Waals surface area (Å²) in [5, 5.41) is 0. The first kappa shape index (κ1) is 11.0. The quantitative estimate of drug-likeness (QED) is 0.596. The van der Waals surface area contributed by atoms with Crippen LogP contribution in [-0.4, -0.2) is 43.1 Å². The van der Waals surface area contributed by atoms with Gasteiger partial charge in [0, 0.05) is 25.1 Å². The first-order chi connectivity index (χ1) is 6.61. The van der Waals surface area contributed by atoms with Crippen molar-refractivity contribution in [3.05, 3.63) is 5.57 Å². The van der Waals surface area contributed by atoms with E-state index in [0.717, 1.165) is 0 Å². The van der Waals surface area contributed by atoms with Crippen LogP contribution in [0.25, 0.3) is 0 Å². The highest BCUT2D eigenvalue weighted by atomic mass is 16.5. The Morgan fingerprint density at radius 2 is 2.29 bits per heavy atom. The van der Waals surface area contributed by atoms with Gasteiger partial charge >= 0.3 is 0 Å². The third-order valence-electron chi connectivity index (χ3n) is 2.51. The molecule has 2 atom stereocenters. The Labute approximate surface area is 83.5 Å². The molecule has 2 unspecified atom stereocenters. The number of ether oxygens (including phenoxy) is 1. The fourth-order valence-corrected chi connectivity index (χ4v) is 1.61. The molecular weight excluding hydrogens is 182 g/mol. The fourth-order valence-electron chi connectivity index (χ4n) is 1.61. The summed E-state index contributed by atoms with van der Waals surface area (Å²) in [5.74, 6) is 1.67. The van der Waals surface area contributed by atoms with Gasteiger partial charge in [-0.2, -0.15) is 0 Å². The van der Waals surface area contributed by atoms with E-state index in [9.17, 15) is 9.59 Å². The van der Waals surface area contributed by atoms with Gasteiger partial charge in [0.2, 0.25) is 0 Å². The number of nitrogens with zero attached hydrogens (tertiary/aromatic N) is 1. The summed E-state index contributed by atoms with van der Waals surface area (Å²) in [6.45, 7) is 4.50. The number of piperidine rings is 1. The lowest BCUT2D eigenvalue weighted by Crippen LogP contribution is -2.49. The smallest absolute Gasteiger partial charge is 0.252 e. The van der Waals surface area contributed by atoms with Gasteiger partial charge in [0.05, 0.1) is 6.54 Å². The highest BCUT2D eigenvalue weighted by molar-refractivity contribution is 5.84. The summed E-state index contributed by atoms with van der Waals surface area (Å²) in [6, 6.07) is 0. The zero-order valence-corrected chi connectivity index (χ0v) is 8.74. The molecule has 1 rings (SSSR count). The molecule has 1 aliphatic rings. The molecule has 0 aromatic heterocycles. The second-order valence-electron chi connectivity index (χ2n) is 3.49. The molecule has 0 aromatic rings. The molecule has 0 saturated carbocycles. The lowest BCUT2D eigenvalue weighted by atomic mass is 9.91. The van der Waals surface area contributed by atoms with Gasteiger partial charge in [-0.15, -0.1) is 0 Å². The summed E-state index contributed by atoms with van der Waals surface area (Å²) in [6.07, 6.45) is -0.518. The molecule has 4 heteroatoms. The lowest BCUT2D eigenvalue weighted by molar-refractivity contribution is -0.147. The molecule has 0 N–H and O–H groups in total. The van der Waals surface area contributed by atoms with Crippen molar-refractivity contribution < 1.29 is 14.3 Å². The van der Waals surface area contributed by atoms with Crippen LogP contribution in [0.1, 0.15) is 13.8 Å². The van der Waals surface area contributed by atoms with Crippen LogP contribution in [0.2, 0.25) is 0 Å². The molecule has 1 saturated heterocycles. The summed E-state index contributed by atoms with van der Waals surface area (Å²) in [7, 11) is 1.66. The second kappa shape index (κ2) is 4.40. The average molecular weight is 197 g/mol. The largest absolute Gasteiger partial charge is 0.368 e. The Bertz CT molecular complexity index is 281. The Morgan fingerprint density at radius 1 is 1.64 bits per heavy atom. The highest BCUT2D eigenvalue weighted by Gasteiger charge is 2.36. The minimum absolute atomic E-state index is 0.0571. The van der Waals surface area contributed by atoms with E-state index in [1.165, 1.54) is 4.90 Å². The maximum absolute atomic E-state index is 11.6. The predicted molar refractivity (Wildman–Crippen MR) is 51.4 cm³/mol. The number of carbonyl (C=O) groups excluding carboxylic acids is 2. The van der Waals surface area contributed by atoms with Gasteiger partial charge in [-0.25, -0.2) is 4.79 Å². The average Bonchev–Trinajstić information content (AvgIpc) is 2.18. The molecule has 1 fully saturated rings. The van der Waals surface area contributed by atoms with E-state index in [-0.39, 0.29) is 11.8 Å². The zero-order chi connectivity index (χ0) is 10.7. The Morgan fingerprint density at radius 3 is 2.79 bits per heavy atom. The summed E-state index contributed by atoms with van der Waals surface area (Å²) >= 11 is 0. The van der Waals surface area contributed by atoms with E-state index in [4.69, 9.17) is 4.74 Å². The Kier molecular flexibility index (Phi) is 3.44. The molecule has 1 heterocycles. The van der Waals surface area contributed by atoms with Crippen molar-refractivity contribution in [1.29, 1.82) is 0 Å². The van der Waals surface area contributed by atoms with Crippen LogP contribution < -0.4 is 0 Å². The van der Waals surface area contributed by atoms with Crippen LogP contribution in [0.5, 0.6) is 0 Å². The Balaban J connectivity index is 2.89. The maximum Gasteiger partial charge on any atom is 0.252 e. The highest BCUT2D eigenvalue weighted by Crippen LogP contribution is 2.23. The van der Waals surface area contributed by atoms with Gasteiger partial charge in [-0.05, 0) is 6.92 Å². The topological polar surface area (TPSA) is 46.6 Å². The predicted octanol–water partition coefficient (Wildman–Crippen LogP) is 0.258. The molecule has 1 amide bonds. The SMILES string of the molecule is CCOC1C(=O)N(C)CC(=C=O)C1C. The van der Waals surface area contributed by atoms with E-state index in [0.29, 0.717) is 18.7 Å². The van der Waals surface area contributed by atoms with E-state index in [1.807, 2.05) is 19.8 Å². The molecule has 0 aliphatic carbocycles. The minimum Gasteiger partial charge on any atom is -0.368 e. The number of hydrogen-bond donors (Lipinski definition) is 0. The van der Waals surface area contributed by atoms with Gasteiger partial charge < -0.3 is 9.64 Å². The number of rotatable bonds is 2. The van der Waals surface area contributed by atoms with Crippen molar-refractivity contribution in [2.24, 2.45) is 5.92 Å². The van der Waals surface area contributed by atoms with Crippen LogP contribution in [0.4, 0.5) is 0 Å². The first-order valence-corrected chi connectivity index (χ1v) is 4.72. The molecule has 14 heavy (non-hydrogen) atoms. The van der Waals surface area contributed by atoms with Gasteiger partial charge in [0.15, 0.2) is 0 Å². The van der Waals surface area contributed by atoms with Crippen LogP contribution in [0, 0.1) is 5.92 Å². The molecular formula is C10H15NO3. The van der Waals surface area contributed by atoms with Crippen molar-refractivity contribution in [1.82, 2.24) is 4.90 Å². The van der Waals surface area contributed by atoms with E-state index in [2.05, 4.69) is 0 Å². The van der Waals surface area contributed by atoms with Crippen LogP contribution >= 0.6 is 0 Å². The normalized spacial score (nSPS) is 27.8. The zero-order valence-electron chi connectivity index (χ0n) is 8.74. The fraction of sp³-hybridized carbons (Fsp3) is 0.700. The standard InChI is InChI=1S/C10H15NO3/c1-4-14-9-7(2)8(6-12)5-11(3)10(9)13/h7,9H,4-5H2,1-3H3. The van der Waals surface area contributed by atoms with Crippen molar-refractivity contribution in [3.63, 3.8) is 0 Å². The summed E-state index contributed by atoms with van der Waals surface area (Å²) in [5.41, 5.74) is 0.602. The molecule has 0 bridgehead atoms. The number of likely N-dealkylation sites (N-methyl/N-ethyl adjacent to an activating group) is 1. The number of likely N-dealkylation sites (tertiary alicyclic amines) is 1. The molecule has 0 aromatic carbocycles. The van der Waals surface area contributed by atoms with Crippen LogP contribution in [0.15, 0.2) is 5.57 Å². The third kappa shape index (κ3) is 1.86. The summed E-state index contributed by atoms with van der Waals surface area (Å²) in [4.78, 5) is 23.8. The van der Waals surface area contributed by atoms with Gasteiger partial charge in [0.25, 0.3) is 5.91 Å². The van der Waals surface area contributed by atoms with Gasteiger partial charge in [0.1, 0.15) is 12.0 Å². The van der Waals surface area contributed by atoms with Crippen molar-refractivity contribution >= 4 is 11.8 Å².